The molecule has 0 aromatic carbocycles. The van der Waals surface area contributed by atoms with E-state index in [1.165, 1.54) is 11.1 Å². The number of nitrogens with zero attached hydrogens (tertiary/aromatic N) is 1. The molecular formula is C11H14ClN. The van der Waals surface area contributed by atoms with Crippen molar-refractivity contribution in [3.05, 3.63) is 34.4 Å². The maximum atomic E-state index is 5.99. The molecule has 0 amide bonds. The van der Waals surface area contributed by atoms with Crippen LogP contribution in [0.25, 0.3) is 0 Å². The van der Waals surface area contributed by atoms with Gasteiger partial charge >= 0.3 is 0 Å². The van der Waals surface area contributed by atoms with E-state index < -0.39 is 0 Å². The maximum Gasteiger partial charge on any atom is 0.0224 e. The molecule has 1 nitrogen and oxygen atoms in total. The molecule has 0 spiro atoms. The molecule has 0 aromatic heterocycles. The number of rotatable bonds is 0. The molecule has 13 heavy (non-hydrogen) atoms. The lowest BCUT2D eigenvalue weighted by atomic mass is 9.96. The number of halogens is 1. The van der Waals surface area contributed by atoms with Crippen LogP contribution >= 0.6 is 11.6 Å². The molecule has 0 atom stereocenters. The Labute approximate surface area is 84.4 Å². The van der Waals surface area contributed by atoms with Crippen molar-refractivity contribution in [1.82, 2.24) is 4.90 Å². The first-order valence-corrected chi connectivity index (χ1v) is 5.06. The fraction of sp³-hybridized carbons (Fsp3) is 0.455. The van der Waals surface area contributed by atoms with E-state index in [9.17, 15) is 0 Å². The number of hydrogen-bond donors (Lipinski definition) is 0. The fourth-order valence-corrected chi connectivity index (χ4v) is 1.98. The molecule has 0 radical (unpaired) electrons. The lowest BCUT2D eigenvalue weighted by Gasteiger charge is -2.13. The van der Waals surface area contributed by atoms with Gasteiger partial charge in [0.25, 0.3) is 0 Å². The lowest BCUT2D eigenvalue weighted by molar-refractivity contribution is 0.380. The number of allylic oxidation sites excluding steroid dienone is 4. The van der Waals surface area contributed by atoms with Gasteiger partial charge in [-0.2, -0.15) is 0 Å². The molecule has 0 N–H and O–H groups in total. The first kappa shape index (κ1) is 9.04. The van der Waals surface area contributed by atoms with E-state index in [1.807, 2.05) is 6.08 Å². The SMILES string of the molecule is CN1CC=C2CC(Cl)=CC=C2CC1. The van der Waals surface area contributed by atoms with Gasteiger partial charge in [0.1, 0.15) is 0 Å². The monoisotopic (exact) mass is 195 g/mol. The maximum absolute atomic E-state index is 5.99. The van der Waals surface area contributed by atoms with Crippen LogP contribution in [0.1, 0.15) is 12.8 Å². The first-order chi connectivity index (χ1) is 6.25. The van der Waals surface area contributed by atoms with Crippen LogP contribution < -0.4 is 0 Å². The molecule has 70 valence electrons. The van der Waals surface area contributed by atoms with Crippen LogP contribution in [0, 0.1) is 0 Å². The van der Waals surface area contributed by atoms with Gasteiger partial charge in [-0.25, -0.2) is 0 Å². The summed E-state index contributed by atoms with van der Waals surface area (Å²) in [4.78, 5) is 2.33. The van der Waals surface area contributed by atoms with Crippen molar-refractivity contribution in [3.63, 3.8) is 0 Å². The summed E-state index contributed by atoms with van der Waals surface area (Å²) in [5.41, 5.74) is 2.89. The van der Waals surface area contributed by atoms with Crippen molar-refractivity contribution in [3.8, 4) is 0 Å². The van der Waals surface area contributed by atoms with E-state index in [0.717, 1.165) is 31.0 Å². The van der Waals surface area contributed by atoms with Crippen LogP contribution in [0.2, 0.25) is 0 Å². The average Bonchev–Trinajstić information content (AvgIpc) is 2.29. The normalized spacial score (nSPS) is 24.0. The highest BCUT2D eigenvalue weighted by atomic mass is 35.5. The highest BCUT2D eigenvalue weighted by molar-refractivity contribution is 6.30. The Morgan fingerprint density at radius 3 is 3.00 bits per heavy atom. The average molecular weight is 196 g/mol. The molecule has 0 saturated heterocycles. The molecule has 0 fully saturated rings. The lowest BCUT2D eigenvalue weighted by Crippen LogP contribution is -2.17. The van der Waals surface area contributed by atoms with Crippen molar-refractivity contribution in [2.45, 2.75) is 12.8 Å². The van der Waals surface area contributed by atoms with Gasteiger partial charge < -0.3 is 4.90 Å². The molecular weight excluding hydrogens is 182 g/mol. The van der Waals surface area contributed by atoms with Gasteiger partial charge in [0.2, 0.25) is 0 Å². The Hall–Kier alpha value is -0.530. The predicted octanol–water partition coefficient (Wildman–Crippen LogP) is 2.70. The summed E-state index contributed by atoms with van der Waals surface area (Å²) in [5, 5.41) is 0.958. The van der Waals surface area contributed by atoms with E-state index >= 15 is 0 Å². The molecule has 0 bridgehead atoms. The Morgan fingerprint density at radius 2 is 2.15 bits per heavy atom. The van der Waals surface area contributed by atoms with E-state index in [0.29, 0.717) is 0 Å². The standard InChI is InChI=1S/C11H14ClN/c1-13-6-4-9-2-3-11(12)8-10(9)5-7-13/h2-3,5H,4,6-8H2,1H3. The van der Waals surface area contributed by atoms with Crippen LogP contribution in [-0.4, -0.2) is 25.0 Å². The summed E-state index contributed by atoms with van der Waals surface area (Å²) in [5.74, 6) is 0. The van der Waals surface area contributed by atoms with Gasteiger partial charge in [-0.3, -0.25) is 0 Å². The quantitative estimate of drug-likeness (QED) is 0.575. The second kappa shape index (κ2) is 3.69. The van der Waals surface area contributed by atoms with Gasteiger partial charge in [-0.05, 0) is 30.7 Å². The minimum Gasteiger partial charge on any atom is -0.302 e. The van der Waals surface area contributed by atoms with E-state index in [-0.39, 0.29) is 0 Å². The third-order valence-corrected chi connectivity index (χ3v) is 2.91. The van der Waals surface area contributed by atoms with Gasteiger partial charge in [0, 0.05) is 24.5 Å². The molecule has 0 unspecified atom stereocenters. The van der Waals surface area contributed by atoms with Crippen LogP contribution in [0.3, 0.4) is 0 Å². The van der Waals surface area contributed by atoms with Crippen molar-refractivity contribution < 1.29 is 0 Å². The zero-order valence-corrected chi connectivity index (χ0v) is 8.64. The summed E-state index contributed by atoms with van der Waals surface area (Å²) < 4.78 is 0. The van der Waals surface area contributed by atoms with Crippen LogP contribution in [-0.2, 0) is 0 Å². The van der Waals surface area contributed by atoms with Crippen molar-refractivity contribution in [2.75, 3.05) is 20.1 Å². The van der Waals surface area contributed by atoms with Crippen molar-refractivity contribution >= 4 is 11.6 Å². The zero-order chi connectivity index (χ0) is 9.26. The molecule has 1 aliphatic carbocycles. The second-order valence-electron chi connectivity index (χ2n) is 3.72. The third kappa shape index (κ3) is 2.04. The zero-order valence-electron chi connectivity index (χ0n) is 7.89. The first-order valence-electron chi connectivity index (χ1n) is 4.69. The topological polar surface area (TPSA) is 3.24 Å². The molecule has 0 saturated carbocycles. The van der Waals surface area contributed by atoms with Gasteiger partial charge in [-0.15, -0.1) is 0 Å². The third-order valence-electron chi connectivity index (χ3n) is 2.65. The van der Waals surface area contributed by atoms with Crippen molar-refractivity contribution in [1.29, 1.82) is 0 Å². The van der Waals surface area contributed by atoms with Gasteiger partial charge in [0.15, 0.2) is 0 Å². The Morgan fingerprint density at radius 1 is 1.31 bits per heavy atom. The summed E-state index contributed by atoms with van der Waals surface area (Å²) in [7, 11) is 2.16. The summed E-state index contributed by atoms with van der Waals surface area (Å²) in [6, 6.07) is 0. The smallest absolute Gasteiger partial charge is 0.0224 e. The molecule has 1 aliphatic heterocycles. The Kier molecular flexibility index (Phi) is 2.56. The number of fused-ring (bicyclic) bond motifs is 1. The van der Waals surface area contributed by atoms with Crippen molar-refractivity contribution in [2.24, 2.45) is 0 Å². The summed E-state index contributed by atoms with van der Waals surface area (Å²) in [6.07, 6.45) is 8.58. The van der Waals surface area contributed by atoms with Crippen LogP contribution in [0.5, 0.6) is 0 Å². The minimum absolute atomic E-state index is 0.932. The minimum atomic E-state index is 0.932. The Balaban J connectivity index is 2.24. The molecule has 0 aromatic rings. The van der Waals surface area contributed by atoms with Crippen LogP contribution in [0.4, 0.5) is 0 Å². The Bertz CT molecular complexity index is 299. The molecule has 2 heteroatoms. The van der Waals surface area contributed by atoms with E-state index in [2.05, 4.69) is 24.1 Å². The molecule has 1 heterocycles. The van der Waals surface area contributed by atoms with Gasteiger partial charge in [-0.1, -0.05) is 23.8 Å². The van der Waals surface area contributed by atoms with Gasteiger partial charge in [0.05, 0.1) is 0 Å². The predicted molar refractivity (Wildman–Crippen MR) is 56.8 cm³/mol. The number of likely N-dealkylation sites (N-methyl/N-ethyl adjacent to an activating group) is 1. The summed E-state index contributed by atoms with van der Waals surface area (Å²) in [6.45, 7) is 2.20. The molecule has 2 aliphatic rings. The van der Waals surface area contributed by atoms with E-state index in [4.69, 9.17) is 11.6 Å². The number of hydrogen-bond acceptors (Lipinski definition) is 1. The van der Waals surface area contributed by atoms with Crippen LogP contribution in [0.15, 0.2) is 34.4 Å². The highest BCUT2D eigenvalue weighted by Gasteiger charge is 2.14. The summed E-state index contributed by atoms with van der Waals surface area (Å²) >= 11 is 5.99. The second-order valence-corrected chi connectivity index (χ2v) is 4.21. The largest absolute Gasteiger partial charge is 0.302 e. The van der Waals surface area contributed by atoms with E-state index in [1.54, 1.807) is 0 Å². The molecule has 2 rings (SSSR count). The fourth-order valence-electron chi connectivity index (χ4n) is 1.77. The highest BCUT2D eigenvalue weighted by Crippen LogP contribution is 2.29.